The van der Waals surface area contributed by atoms with E-state index in [0.29, 0.717) is 75.0 Å². The third kappa shape index (κ3) is 4.99. The van der Waals surface area contributed by atoms with E-state index in [4.69, 9.17) is 23.7 Å². The number of hydrogen-bond acceptors (Lipinski definition) is 11. The van der Waals surface area contributed by atoms with Crippen molar-refractivity contribution in [3.8, 4) is 17.6 Å². The fourth-order valence-corrected chi connectivity index (χ4v) is 5.37. The molecular weight excluding hydrogens is 522 g/mol. The Morgan fingerprint density at radius 2 is 2.12 bits per heavy atom. The van der Waals surface area contributed by atoms with Gasteiger partial charge in [-0.05, 0) is 48.7 Å². The molecule has 1 aliphatic carbocycles. The highest BCUT2D eigenvalue weighted by molar-refractivity contribution is 5.95. The molecule has 0 radical (unpaired) electrons. The van der Waals surface area contributed by atoms with Crippen LogP contribution in [0.4, 0.5) is 16.4 Å². The Kier molecular flexibility index (Phi) is 7.10. The molecule has 13 heteroatoms. The van der Waals surface area contributed by atoms with Crippen molar-refractivity contribution >= 4 is 30.1 Å². The standard InChI is InChI=1S/C27H27N5O8/c28-8-20-19-7-15(25(38-14-33)18(19)1-2-21(20)39-17-11-36-12-17)9-29-6-5-16-10-32(27(35)40-16)23-4-3-22-26(30-23)31-24(34)13-37-22/h1-4,14-17,25,29H,5-7,9-13H2,(H,30,31,34). The summed E-state index contributed by atoms with van der Waals surface area (Å²) in [7, 11) is 0. The van der Waals surface area contributed by atoms with Gasteiger partial charge in [-0.15, -0.1) is 0 Å². The van der Waals surface area contributed by atoms with Gasteiger partial charge in [-0.25, -0.2) is 9.78 Å². The largest absolute Gasteiger partial charge is 0.484 e. The molecule has 208 valence electrons. The van der Waals surface area contributed by atoms with Crippen LogP contribution in [0, 0.1) is 17.2 Å². The normalized spacial score (nSPS) is 23.2. The average Bonchev–Trinajstić information content (AvgIpc) is 3.47. The lowest BCUT2D eigenvalue weighted by Crippen LogP contribution is -2.38. The van der Waals surface area contributed by atoms with E-state index in [1.807, 2.05) is 6.07 Å². The molecule has 4 aliphatic rings. The highest BCUT2D eigenvalue weighted by atomic mass is 16.6. The summed E-state index contributed by atoms with van der Waals surface area (Å²) in [5, 5.41) is 15.9. The van der Waals surface area contributed by atoms with Crippen molar-refractivity contribution in [1.29, 1.82) is 5.26 Å². The number of amides is 2. The van der Waals surface area contributed by atoms with E-state index >= 15 is 0 Å². The Bertz CT molecular complexity index is 1370. The van der Waals surface area contributed by atoms with E-state index in [1.54, 1.807) is 18.2 Å². The lowest BCUT2D eigenvalue weighted by atomic mass is 10.0. The van der Waals surface area contributed by atoms with Crippen LogP contribution in [0.15, 0.2) is 24.3 Å². The van der Waals surface area contributed by atoms with Crippen LogP contribution in [0.1, 0.15) is 29.2 Å². The summed E-state index contributed by atoms with van der Waals surface area (Å²) in [6, 6.07) is 9.18. The van der Waals surface area contributed by atoms with E-state index in [-0.39, 0.29) is 36.5 Å². The number of carbonyl (C=O) groups is 3. The Hall–Kier alpha value is -4.41. The second-order valence-electron chi connectivity index (χ2n) is 9.97. The molecule has 4 heterocycles. The summed E-state index contributed by atoms with van der Waals surface area (Å²) >= 11 is 0. The van der Waals surface area contributed by atoms with Crippen molar-refractivity contribution in [3.63, 3.8) is 0 Å². The van der Waals surface area contributed by atoms with Gasteiger partial charge in [-0.1, -0.05) is 6.07 Å². The first-order valence-electron chi connectivity index (χ1n) is 13.1. The number of anilines is 2. The predicted octanol–water partition coefficient (Wildman–Crippen LogP) is 1.45. The first-order chi connectivity index (χ1) is 19.5. The van der Waals surface area contributed by atoms with Crippen LogP contribution in [-0.2, 0) is 30.2 Å². The zero-order valence-electron chi connectivity index (χ0n) is 21.5. The first kappa shape index (κ1) is 25.8. The van der Waals surface area contributed by atoms with E-state index in [2.05, 4.69) is 21.7 Å². The van der Waals surface area contributed by atoms with Gasteiger partial charge in [0.05, 0.1) is 25.3 Å². The fourth-order valence-electron chi connectivity index (χ4n) is 5.37. The van der Waals surface area contributed by atoms with Gasteiger partial charge < -0.3 is 34.3 Å². The van der Waals surface area contributed by atoms with Crippen LogP contribution in [0.2, 0.25) is 0 Å². The zero-order chi connectivity index (χ0) is 27.6. The smallest absolute Gasteiger partial charge is 0.415 e. The summed E-state index contributed by atoms with van der Waals surface area (Å²) in [6.45, 7) is 2.75. The van der Waals surface area contributed by atoms with E-state index in [9.17, 15) is 19.6 Å². The molecule has 0 saturated carbocycles. The highest BCUT2D eigenvalue weighted by Gasteiger charge is 2.38. The van der Waals surface area contributed by atoms with Crippen molar-refractivity contribution in [2.45, 2.75) is 31.2 Å². The number of pyridine rings is 1. The van der Waals surface area contributed by atoms with Gasteiger partial charge in [-0.2, -0.15) is 5.26 Å². The van der Waals surface area contributed by atoms with Crippen molar-refractivity contribution in [2.24, 2.45) is 5.92 Å². The maximum Gasteiger partial charge on any atom is 0.415 e. The van der Waals surface area contributed by atoms with Gasteiger partial charge in [0.2, 0.25) is 0 Å². The monoisotopic (exact) mass is 549 g/mol. The van der Waals surface area contributed by atoms with Gasteiger partial charge in [0.25, 0.3) is 12.4 Å². The SMILES string of the molecule is N#Cc1c(OC2COC2)ccc2c1CC(CNCCC1CN(c3ccc4c(n3)NC(=O)CO4)C(=O)O1)C2OC=O. The second-order valence-corrected chi connectivity index (χ2v) is 9.97. The first-order valence-corrected chi connectivity index (χ1v) is 13.1. The Morgan fingerprint density at radius 3 is 2.90 bits per heavy atom. The average molecular weight is 550 g/mol. The molecule has 2 N–H and O–H groups in total. The second kappa shape index (κ2) is 11.0. The van der Waals surface area contributed by atoms with Crippen molar-refractivity contribution in [1.82, 2.24) is 10.3 Å². The molecule has 1 aromatic heterocycles. The van der Waals surface area contributed by atoms with E-state index < -0.39 is 12.2 Å². The molecule has 1 aromatic carbocycles. The lowest BCUT2D eigenvalue weighted by Gasteiger charge is -2.27. The van der Waals surface area contributed by atoms with Crippen LogP contribution in [0.25, 0.3) is 0 Å². The molecule has 2 saturated heterocycles. The molecule has 3 atom stereocenters. The molecule has 2 aromatic rings. The number of hydrogen-bond donors (Lipinski definition) is 2. The molecular formula is C27H27N5O8. The maximum atomic E-state index is 12.5. The number of rotatable bonds is 10. The van der Waals surface area contributed by atoms with Crippen LogP contribution in [0.3, 0.4) is 0 Å². The molecule has 6 rings (SSSR count). The molecule has 2 fully saturated rings. The summed E-state index contributed by atoms with van der Waals surface area (Å²) < 4.78 is 27.4. The zero-order valence-corrected chi connectivity index (χ0v) is 21.5. The number of nitriles is 1. The molecule has 3 unspecified atom stereocenters. The number of carbonyl (C=O) groups excluding carboxylic acids is 3. The third-order valence-corrected chi connectivity index (χ3v) is 7.39. The van der Waals surface area contributed by atoms with Crippen LogP contribution in [0.5, 0.6) is 11.5 Å². The summed E-state index contributed by atoms with van der Waals surface area (Å²) in [5.74, 6) is 1.22. The number of fused-ring (bicyclic) bond motifs is 2. The molecule has 0 spiro atoms. The minimum Gasteiger partial charge on any atom is -0.484 e. The molecule has 2 amide bonds. The van der Waals surface area contributed by atoms with Gasteiger partial charge in [0, 0.05) is 12.5 Å². The fraction of sp³-hybridized carbons (Fsp3) is 0.444. The van der Waals surface area contributed by atoms with Crippen molar-refractivity contribution in [3.05, 3.63) is 41.0 Å². The van der Waals surface area contributed by atoms with Crippen LogP contribution >= 0.6 is 0 Å². The van der Waals surface area contributed by atoms with E-state index in [1.165, 1.54) is 4.90 Å². The minimum atomic E-state index is -0.512. The topological polar surface area (TPSA) is 161 Å². The van der Waals surface area contributed by atoms with Crippen LogP contribution < -0.4 is 25.0 Å². The molecule has 13 nitrogen and oxygen atoms in total. The number of ether oxygens (including phenoxy) is 5. The van der Waals surface area contributed by atoms with Gasteiger partial charge in [0.1, 0.15) is 35.9 Å². The molecule has 40 heavy (non-hydrogen) atoms. The van der Waals surface area contributed by atoms with Gasteiger partial charge >= 0.3 is 6.09 Å². The molecule has 0 bridgehead atoms. The van der Waals surface area contributed by atoms with E-state index in [0.717, 1.165) is 11.1 Å². The summed E-state index contributed by atoms with van der Waals surface area (Å²) in [6.07, 6.45) is -0.305. The van der Waals surface area contributed by atoms with Crippen LogP contribution in [-0.4, -0.2) is 75.1 Å². The number of benzene rings is 1. The summed E-state index contributed by atoms with van der Waals surface area (Å²) in [4.78, 5) is 41.1. The Labute approximate surface area is 229 Å². The predicted molar refractivity (Wildman–Crippen MR) is 137 cm³/mol. The molecule has 3 aliphatic heterocycles. The van der Waals surface area contributed by atoms with Crippen molar-refractivity contribution in [2.75, 3.05) is 49.7 Å². The summed E-state index contributed by atoms with van der Waals surface area (Å²) in [5.41, 5.74) is 2.11. The minimum absolute atomic E-state index is 0.0652. The van der Waals surface area contributed by atoms with Crippen molar-refractivity contribution < 1.29 is 38.1 Å². The maximum absolute atomic E-state index is 12.5. The third-order valence-electron chi connectivity index (χ3n) is 7.39. The highest BCUT2D eigenvalue weighted by Crippen LogP contribution is 2.42. The number of aromatic nitrogens is 1. The van der Waals surface area contributed by atoms with Gasteiger partial charge in [-0.3, -0.25) is 14.5 Å². The Morgan fingerprint density at radius 1 is 1.25 bits per heavy atom. The number of nitrogens with one attached hydrogen (secondary N) is 2. The van der Waals surface area contributed by atoms with Gasteiger partial charge in [0.15, 0.2) is 18.2 Å². The number of nitrogens with zero attached hydrogens (tertiary/aromatic N) is 3. The quantitative estimate of drug-likeness (QED) is 0.326. The lowest BCUT2D eigenvalue weighted by molar-refractivity contribution is -0.136. The Balaban J connectivity index is 1.04. The number of cyclic esters (lactones) is 1.